The van der Waals surface area contributed by atoms with Crippen molar-refractivity contribution < 1.29 is 95.9 Å². The molecule has 0 aromatic carbocycles. The SMILES string of the molecule is CC=NC1CCCC[C@@H]1N=CC.C[C@H]1COC(C(C)(C)C2=N[C@@H](C)CO2)=N1.O=S(=O)(O)C(F)(F)F.O=S(=O)(O)C(F)(F)F.[Cu].[Cu]. The van der Waals surface area contributed by atoms with E-state index in [1.165, 1.54) is 25.7 Å². The van der Waals surface area contributed by atoms with Gasteiger partial charge in [0.2, 0.25) is 0 Å². The van der Waals surface area contributed by atoms with E-state index < -0.39 is 31.3 Å². The minimum Gasteiger partial charge on any atom is -0.478 e. The number of ether oxygens (including phenoxy) is 2. The van der Waals surface area contributed by atoms with E-state index in [4.69, 9.17) is 35.4 Å². The van der Waals surface area contributed by atoms with Crippen LogP contribution in [0.4, 0.5) is 26.3 Å². The number of rotatable bonds is 4. The molecule has 0 aromatic rings. The zero-order valence-electron chi connectivity index (χ0n) is 25.0. The third-order valence-corrected chi connectivity index (χ3v) is 6.80. The Morgan fingerprint density at radius 2 is 1.00 bits per heavy atom. The molecule has 0 amide bonds. The Balaban J connectivity index is -0.000000536. The zero-order chi connectivity index (χ0) is 33.9. The Morgan fingerprint density at radius 3 is 1.18 bits per heavy atom. The van der Waals surface area contributed by atoms with Gasteiger partial charge in [0.05, 0.1) is 24.2 Å². The molecule has 274 valence electrons. The molecule has 22 heteroatoms. The number of hydrogen-bond donors (Lipinski definition) is 2. The van der Waals surface area contributed by atoms with Gasteiger partial charge >= 0.3 is 31.3 Å². The van der Waals surface area contributed by atoms with E-state index in [0.717, 1.165) is 11.8 Å². The summed E-state index contributed by atoms with van der Waals surface area (Å²) in [6.07, 6.45) is 8.89. The second kappa shape index (κ2) is 20.2. The third-order valence-electron chi connectivity index (χ3n) is 5.63. The van der Waals surface area contributed by atoms with Crippen LogP contribution in [0.1, 0.15) is 67.2 Å². The Kier molecular flexibility index (Phi) is 21.6. The van der Waals surface area contributed by atoms with E-state index in [1.807, 2.05) is 54.0 Å². The first kappa shape index (κ1) is 48.1. The van der Waals surface area contributed by atoms with Gasteiger partial charge in [-0.25, -0.2) is 9.98 Å². The van der Waals surface area contributed by atoms with Gasteiger partial charge in [0, 0.05) is 34.1 Å². The van der Waals surface area contributed by atoms with Crippen LogP contribution in [0.25, 0.3) is 0 Å². The van der Waals surface area contributed by atoms with Gasteiger partial charge in [-0.3, -0.25) is 19.1 Å². The first-order chi connectivity index (χ1) is 19.4. The van der Waals surface area contributed by atoms with E-state index >= 15 is 0 Å². The monoisotopic (exact) mass is 802 g/mol. The van der Waals surface area contributed by atoms with Crippen LogP contribution in [0.5, 0.6) is 0 Å². The van der Waals surface area contributed by atoms with Crippen molar-refractivity contribution in [3.05, 3.63) is 0 Å². The molecular weight excluding hydrogens is 765 g/mol. The Morgan fingerprint density at radius 1 is 0.733 bits per heavy atom. The van der Waals surface area contributed by atoms with E-state index in [0.29, 0.717) is 25.3 Å². The maximum absolute atomic E-state index is 10.7. The molecule has 2 aliphatic heterocycles. The minimum atomic E-state index is -5.84. The normalized spacial score (nSPS) is 23.7. The van der Waals surface area contributed by atoms with Crippen LogP contribution in [0.15, 0.2) is 20.0 Å². The van der Waals surface area contributed by atoms with Crippen molar-refractivity contribution in [2.45, 2.75) is 102 Å². The van der Waals surface area contributed by atoms with Gasteiger partial charge < -0.3 is 9.47 Å². The predicted octanol–water partition coefficient (Wildman–Crippen LogP) is 4.91. The van der Waals surface area contributed by atoms with Crippen molar-refractivity contribution in [3.63, 3.8) is 0 Å². The van der Waals surface area contributed by atoms with E-state index in [9.17, 15) is 26.3 Å². The fourth-order valence-corrected chi connectivity index (χ4v) is 3.55. The summed E-state index contributed by atoms with van der Waals surface area (Å²) in [5.41, 5.74) is -11.4. The molecule has 1 fully saturated rings. The molecule has 0 spiro atoms. The van der Waals surface area contributed by atoms with Gasteiger partial charge in [-0.2, -0.15) is 43.2 Å². The molecule has 0 saturated heterocycles. The first-order valence-corrected chi connectivity index (χ1v) is 15.7. The summed E-state index contributed by atoms with van der Waals surface area (Å²) in [4.78, 5) is 17.8. The Bertz CT molecular complexity index is 1140. The molecule has 4 atom stereocenters. The topological polar surface area (TPSA) is 177 Å². The second-order valence-electron chi connectivity index (χ2n) is 9.89. The van der Waals surface area contributed by atoms with Gasteiger partial charge in [0.15, 0.2) is 11.8 Å². The molecule has 2 radical (unpaired) electrons. The van der Waals surface area contributed by atoms with Crippen LogP contribution in [0.3, 0.4) is 0 Å². The van der Waals surface area contributed by atoms with Crippen molar-refractivity contribution >= 4 is 44.5 Å². The molecule has 2 N–H and O–H groups in total. The van der Waals surface area contributed by atoms with Gasteiger partial charge in [-0.05, 0) is 66.8 Å². The minimum absolute atomic E-state index is 0. The van der Waals surface area contributed by atoms with E-state index in [2.05, 4.69) is 20.0 Å². The molecule has 0 aromatic heterocycles. The average molecular weight is 804 g/mol. The summed E-state index contributed by atoms with van der Waals surface area (Å²) in [6.45, 7) is 13.5. The van der Waals surface area contributed by atoms with Gasteiger partial charge in [0.1, 0.15) is 18.6 Å². The number of halogens is 6. The molecule has 3 aliphatic rings. The molecule has 1 saturated carbocycles. The molecule has 2 heterocycles. The third kappa shape index (κ3) is 17.4. The summed E-state index contributed by atoms with van der Waals surface area (Å²) in [5.74, 6) is 1.51. The van der Waals surface area contributed by atoms with E-state index in [1.54, 1.807) is 0 Å². The molecule has 3 rings (SSSR count). The maximum atomic E-state index is 10.7. The van der Waals surface area contributed by atoms with Crippen LogP contribution in [-0.2, 0) is 63.8 Å². The van der Waals surface area contributed by atoms with Crippen molar-refractivity contribution in [2.24, 2.45) is 25.4 Å². The summed E-state index contributed by atoms with van der Waals surface area (Å²) >= 11 is 0. The maximum Gasteiger partial charge on any atom is 0.522 e. The molecule has 0 bridgehead atoms. The molecular formula is C23H38Cu2F6N4O8S2. The average Bonchev–Trinajstić information content (AvgIpc) is 3.48. The van der Waals surface area contributed by atoms with Gasteiger partial charge in [-0.15, -0.1) is 0 Å². The number of aliphatic imine (C=N–C) groups is 4. The summed E-state index contributed by atoms with van der Waals surface area (Å²) in [6, 6.07) is 1.41. The van der Waals surface area contributed by atoms with Crippen molar-refractivity contribution in [2.75, 3.05) is 13.2 Å². The van der Waals surface area contributed by atoms with Gasteiger partial charge in [-0.1, -0.05) is 12.8 Å². The van der Waals surface area contributed by atoms with E-state index in [-0.39, 0.29) is 51.6 Å². The van der Waals surface area contributed by atoms with Crippen molar-refractivity contribution in [1.82, 2.24) is 0 Å². The first-order valence-electron chi connectivity index (χ1n) is 12.8. The van der Waals surface area contributed by atoms with Crippen molar-refractivity contribution in [3.8, 4) is 0 Å². The summed E-state index contributed by atoms with van der Waals surface area (Å²) < 4.78 is 126. The smallest absolute Gasteiger partial charge is 0.478 e. The largest absolute Gasteiger partial charge is 0.522 e. The standard InChI is InChI=1S/C11H18N2O2.C10H18N2.2CHF3O3S.2Cu/c1-7-5-14-9(12-7)11(3,4)10-13-8(2)6-15-10;1-3-11-9-7-5-6-8-10(9)12-4-2;2*2-1(3,4)8(5,6)7;;/h7-8H,5-6H2,1-4H3;3-4,9-10H,5-8H2,1-2H3;2*(H,5,6,7);;/t7-,8-;9-,10?;;;;/m00..../s1. The van der Waals surface area contributed by atoms with Crippen LogP contribution in [0.2, 0.25) is 0 Å². The predicted molar refractivity (Wildman–Crippen MR) is 149 cm³/mol. The van der Waals surface area contributed by atoms with Gasteiger partial charge in [0.25, 0.3) is 0 Å². The number of alkyl halides is 6. The van der Waals surface area contributed by atoms with Crippen LogP contribution < -0.4 is 0 Å². The molecule has 45 heavy (non-hydrogen) atoms. The number of nitrogens with zero attached hydrogens (tertiary/aromatic N) is 4. The summed E-state index contributed by atoms with van der Waals surface area (Å²) in [7, 11) is -11.7. The Hall–Kier alpha value is -1.28. The zero-order valence-corrected chi connectivity index (χ0v) is 28.5. The second-order valence-corrected chi connectivity index (χ2v) is 12.7. The van der Waals surface area contributed by atoms with Crippen LogP contribution in [-0.4, -0.2) is 98.6 Å². The fraction of sp³-hybridized carbons (Fsp3) is 0.826. The van der Waals surface area contributed by atoms with Crippen LogP contribution >= 0.6 is 0 Å². The number of hydrogen-bond acceptors (Lipinski definition) is 10. The van der Waals surface area contributed by atoms with Crippen LogP contribution in [0, 0.1) is 5.41 Å². The summed E-state index contributed by atoms with van der Waals surface area (Å²) in [5, 5.41) is 0. The Labute approximate surface area is 280 Å². The molecule has 1 unspecified atom stereocenters. The molecule has 12 nitrogen and oxygen atoms in total. The van der Waals surface area contributed by atoms with Crippen molar-refractivity contribution in [1.29, 1.82) is 0 Å². The molecule has 1 aliphatic carbocycles. The quantitative estimate of drug-likeness (QED) is 0.133. The fourth-order valence-electron chi connectivity index (χ4n) is 3.55.